The van der Waals surface area contributed by atoms with Crippen LogP contribution >= 0.6 is 11.6 Å². The quantitative estimate of drug-likeness (QED) is 0.562. The number of carbonyl (C=O) groups is 2. The molecule has 2 rings (SSSR count). The Morgan fingerprint density at radius 3 is 2.65 bits per heavy atom. The number of urea groups is 1. The van der Waals surface area contributed by atoms with E-state index in [0.29, 0.717) is 5.69 Å². The highest BCUT2D eigenvalue weighted by atomic mass is 35.5. The monoisotopic (exact) mass is 340 g/mol. The molecule has 0 heterocycles. The van der Waals surface area contributed by atoms with E-state index in [2.05, 4.69) is 16.0 Å². The van der Waals surface area contributed by atoms with Crippen molar-refractivity contribution in [3.63, 3.8) is 0 Å². The topological polar surface area (TPSA) is 113 Å². The van der Waals surface area contributed by atoms with Gasteiger partial charge < -0.3 is 10.6 Å². The molecule has 0 spiro atoms. The molecular formula is C14H17ClN4O4. The number of imide groups is 1. The van der Waals surface area contributed by atoms with Gasteiger partial charge in [0.05, 0.1) is 11.5 Å². The molecule has 0 aliphatic heterocycles. The molecule has 1 fully saturated rings. The van der Waals surface area contributed by atoms with Crippen molar-refractivity contribution >= 4 is 34.9 Å². The Balaban J connectivity index is 1.80. The lowest BCUT2D eigenvalue weighted by Gasteiger charge is -2.12. The Bertz CT molecular complexity index is 617. The maximum atomic E-state index is 11.7. The summed E-state index contributed by atoms with van der Waals surface area (Å²) >= 11 is 5.70. The normalized spacial score (nSPS) is 14.3. The summed E-state index contributed by atoms with van der Waals surface area (Å²) in [5.74, 6) is -0.530. The third-order valence-corrected chi connectivity index (χ3v) is 3.86. The summed E-state index contributed by atoms with van der Waals surface area (Å²) < 4.78 is 0. The van der Waals surface area contributed by atoms with Gasteiger partial charge in [0.1, 0.15) is 5.02 Å². The Kier molecular flexibility index (Phi) is 5.75. The predicted molar refractivity (Wildman–Crippen MR) is 85.5 cm³/mol. The van der Waals surface area contributed by atoms with Crippen LogP contribution in [0.4, 0.5) is 16.2 Å². The highest BCUT2D eigenvalue weighted by molar-refractivity contribution is 6.32. The van der Waals surface area contributed by atoms with Gasteiger partial charge in [-0.1, -0.05) is 24.4 Å². The molecule has 124 valence electrons. The van der Waals surface area contributed by atoms with Crippen molar-refractivity contribution in [1.29, 1.82) is 0 Å². The third-order valence-electron chi connectivity index (χ3n) is 3.54. The molecule has 3 N–H and O–H groups in total. The number of hydrogen-bond acceptors (Lipinski definition) is 5. The van der Waals surface area contributed by atoms with Crippen LogP contribution in [0.3, 0.4) is 0 Å². The fourth-order valence-electron chi connectivity index (χ4n) is 2.41. The number of hydrogen-bond donors (Lipinski definition) is 3. The average molecular weight is 341 g/mol. The number of benzene rings is 1. The van der Waals surface area contributed by atoms with Gasteiger partial charge in [0, 0.05) is 17.8 Å². The van der Waals surface area contributed by atoms with Gasteiger partial charge in [0.2, 0.25) is 5.91 Å². The van der Waals surface area contributed by atoms with Crippen LogP contribution in [-0.4, -0.2) is 29.4 Å². The van der Waals surface area contributed by atoms with Gasteiger partial charge in [-0.25, -0.2) is 4.79 Å². The van der Waals surface area contributed by atoms with Gasteiger partial charge in [-0.05, 0) is 25.0 Å². The van der Waals surface area contributed by atoms with Crippen LogP contribution < -0.4 is 16.0 Å². The summed E-state index contributed by atoms with van der Waals surface area (Å²) in [6, 6.07) is 3.71. The van der Waals surface area contributed by atoms with Crippen molar-refractivity contribution in [2.45, 2.75) is 31.7 Å². The van der Waals surface area contributed by atoms with Gasteiger partial charge in [0.25, 0.3) is 5.69 Å². The van der Waals surface area contributed by atoms with Crippen molar-refractivity contribution in [3.8, 4) is 0 Å². The molecule has 9 heteroatoms. The Morgan fingerprint density at radius 2 is 2.00 bits per heavy atom. The first-order valence-corrected chi connectivity index (χ1v) is 7.61. The van der Waals surface area contributed by atoms with Crippen molar-refractivity contribution in [3.05, 3.63) is 33.3 Å². The molecule has 1 aliphatic carbocycles. The fourth-order valence-corrected chi connectivity index (χ4v) is 2.59. The minimum atomic E-state index is -0.609. The second kappa shape index (κ2) is 7.77. The van der Waals surface area contributed by atoms with Gasteiger partial charge >= 0.3 is 6.03 Å². The van der Waals surface area contributed by atoms with Gasteiger partial charge in [-0.2, -0.15) is 0 Å². The van der Waals surface area contributed by atoms with Crippen LogP contribution in [0.1, 0.15) is 25.7 Å². The number of nitro groups is 1. The first-order chi connectivity index (χ1) is 11.0. The lowest BCUT2D eigenvalue weighted by molar-refractivity contribution is -0.384. The number of nitrogens with zero attached hydrogens (tertiary/aromatic N) is 1. The molecule has 23 heavy (non-hydrogen) atoms. The number of anilines is 1. The zero-order valence-electron chi connectivity index (χ0n) is 12.3. The van der Waals surface area contributed by atoms with E-state index >= 15 is 0 Å². The molecule has 0 atom stereocenters. The highest BCUT2D eigenvalue weighted by Gasteiger charge is 2.18. The van der Waals surface area contributed by atoms with Crippen molar-refractivity contribution in [2.75, 3.05) is 11.9 Å². The number of rotatable bonds is 5. The summed E-state index contributed by atoms with van der Waals surface area (Å²) in [5.41, 5.74) is 0.114. The maximum Gasteiger partial charge on any atom is 0.321 e. The third kappa shape index (κ3) is 5.10. The predicted octanol–water partition coefficient (Wildman–Crippen LogP) is 2.43. The molecular weight excluding hydrogens is 324 g/mol. The largest absolute Gasteiger partial charge is 0.376 e. The van der Waals surface area contributed by atoms with Crippen LogP contribution in [0.2, 0.25) is 5.02 Å². The second-order valence-corrected chi connectivity index (χ2v) is 5.69. The van der Waals surface area contributed by atoms with Crippen molar-refractivity contribution in [1.82, 2.24) is 10.6 Å². The summed E-state index contributed by atoms with van der Waals surface area (Å²) in [7, 11) is 0. The number of halogens is 1. The molecule has 1 aliphatic rings. The number of amides is 3. The number of carbonyl (C=O) groups excluding carboxylic acids is 2. The second-order valence-electron chi connectivity index (χ2n) is 5.28. The summed E-state index contributed by atoms with van der Waals surface area (Å²) in [6.07, 6.45) is 4.01. The van der Waals surface area contributed by atoms with Crippen LogP contribution in [-0.2, 0) is 4.79 Å². The molecule has 1 aromatic carbocycles. The Labute approximate surface area is 137 Å². The summed E-state index contributed by atoms with van der Waals surface area (Å²) in [6.45, 7) is -0.184. The van der Waals surface area contributed by atoms with E-state index in [0.717, 1.165) is 25.7 Å². The molecule has 1 saturated carbocycles. The van der Waals surface area contributed by atoms with E-state index in [1.54, 1.807) is 0 Å². The summed E-state index contributed by atoms with van der Waals surface area (Å²) in [4.78, 5) is 33.5. The van der Waals surface area contributed by atoms with E-state index in [-0.39, 0.29) is 23.3 Å². The standard InChI is InChI=1S/C14H17ClN4O4/c15-11-6-5-10(7-12(11)19(22)23)16-8-13(20)18-14(21)17-9-3-1-2-4-9/h5-7,9,16H,1-4,8H2,(H2,17,18,20,21). The molecule has 0 bridgehead atoms. The van der Waals surface area contributed by atoms with E-state index in [1.165, 1.54) is 18.2 Å². The average Bonchev–Trinajstić information content (AvgIpc) is 2.98. The zero-order chi connectivity index (χ0) is 16.8. The maximum absolute atomic E-state index is 11.7. The molecule has 0 radical (unpaired) electrons. The smallest absolute Gasteiger partial charge is 0.321 e. The van der Waals surface area contributed by atoms with E-state index in [1.807, 2.05) is 0 Å². The number of nitrogens with one attached hydrogen (secondary N) is 3. The molecule has 0 saturated heterocycles. The minimum Gasteiger partial charge on any atom is -0.376 e. The first-order valence-electron chi connectivity index (χ1n) is 7.24. The highest BCUT2D eigenvalue weighted by Crippen LogP contribution is 2.27. The van der Waals surface area contributed by atoms with Crippen LogP contribution in [0, 0.1) is 10.1 Å². The first kappa shape index (κ1) is 17.0. The van der Waals surface area contributed by atoms with Gasteiger partial charge in [0.15, 0.2) is 0 Å². The number of nitro benzene ring substituents is 1. The lowest BCUT2D eigenvalue weighted by atomic mass is 10.2. The van der Waals surface area contributed by atoms with Crippen molar-refractivity contribution < 1.29 is 14.5 Å². The molecule has 1 aromatic rings. The van der Waals surface area contributed by atoms with Crippen LogP contribution in [0.25, 0.3) is 0 Å². The zero-order valence-corrected chi connectivity index (χ0v) is 13.1. The Hall–Kier alpha value is -2.35. The van der Waals surface area contributed by atoms with E-state index in [4.69, 9.17) is 11.6 Å². The molecule has 3 amide bonds. The SMILES string of the molecule is O=C(CNc1ccc(Cl)c([N+](=O)[O-])c1)NC(=O)NC1CCCC1. The molecule has 0 unspecified atom stereocenters. The lowest BCUT2D eigenvalue weighted by Crippen LogP contribution is -2.45. The Morgan fingerprint density at radius 1 is 1.30 bits per heavy atom. The molecule has 8 nitrogen and oxygen atoms in total. The van der Waals surface area contributed by atoms with Gasteiger partial charge in [-0.3, -0.25) is 20.2 Å². The van der Waals surface area contributed by atoms with Crippen LogP contribution in [0.15, 0.2) is 18.2 Å². The fraction of sp³-hybridized carbons (Fsp3) is 0.429. The van der Waals surface area contributed by atoms with Gasteiger partial charge in [-0.15, -0.1) is 0 Å². The molecule has 0 aromatic heterocycles. The van der Waals surface area contributed by atoms with Crippen LogP contribution in [0.5, 0.6) is 0 Å². The van der Waals surface area contributed by atoms with Crippen molar-refractivity contribution in [2.24, 2.45) is 0 Å². The van der Waals surface area contributed by atoms with E-state index in [9.17, 15) is 19.7 Å². The van der Waals surface area contributed by atoms with E-state index < -0.39 is 16.9 Å². The summed E-state index contributed by atoms with van der Waals surface area (Å²) in [5, 5.41) is 18.5. The minimum absolute atomic E-state index is 0.0148.